The Balaban J connectivity index is 1.73. The van der Waals surface area contributed by atoms with Gasteiger partial charge < -0.3 is 23.9 Å². The van der Waals surface area contributed by atoms with E-state index in [1.54, 1.807) is 38.5 Å². The van der Waals surface area contributed by atoms with E-state index in [1.807, 2.05) is 24.3 Å². The standard InChI is InChI=1S/C20H19NO5/c1-23-14-5-8-18-13(10-14)11-16(26-18)6-9-20(22)21-17-7-4-15(24-2)12-19(17)25-3/h4-12H,1-3H3,(H,21,22)/b9-6+. The largest absolute Gasteiger partial charge is 0.497 e. The Hall–Kier alpha value is -3.41. The van der Waals surface area contributed by atoms with E-state index >= 15 is 0 Å². The van der Waals surface area contributed by atoms with Crippen LogP contribution in [0.1, 0.15) is 5.76 Å². The van der Waals surface area contributed by atoms with Gasteiger partial charge in [0.25, 0.3) is 0 Å². The highest BCUT2D eigenvalue weighted by atomic mass is 16.5. The van der Waals surface area contributed by atoms with Gasteiger partial charge in [0.15, 0.2) is 0 Å². The number of ether oxygens (including phenoxy) is 3. The Morgan fingerprint density at radius 3 is 2.42 bits per heavy atom. The third-order valence-electron chi connectivity index (χ3n) is 3.81. The topological polar surface area (TPSA) is 69.9 Å². The first-order valence-corrected chi connectivity index (χ1v) is 7.91. The molecule has 6 nitrogen and oxygen atoms in total. The molecule has 0 saturated carbocycles. The fourth-order valence-corrected chi connectivity index (χ4v) is 2.49. The zero-order valence-electron chi connectivity index (χ0n) is 14.7. The van der Waals surface area contributed by atoms with Crippen molar-refractivity contribution < 1.29 is 23.4 Å². The fourth-order valence-electron chi connectivity index (χ4n) is 2.49. The van der Waals surface area contributed by atoms with Gasteiger partial charge in [-0.25, -0.2) is 0 Å². The van der Waals surface area contributed by atoms with Crippen molar-refractivity contribution in [2.24, 2.45) is 0 Å². The van der Waals surface area contributed by atoms with Gasteiger partial charge in [-0.15, -0.1) is 0 Å². The van der Waals surface area contributed by atoms with Crippen LogP contribution in [0.4, 0.5) is 5.69 Å². The molecule has 0 unspecified atom stereocenters. The van der Waals surface area contributed by atoms with Crippen molar-refractivity contribution in [3.63, 3.8) is 0 Å². The Labute approximate surface area is 151 Å². The summed E-state index contributed by atoms with van der Waals surface area (Å²) in [5.74, 6) is 2.19. The molecule has 0 saturated heterocycles. The van der Waals surface area contributed by atoms with E-state index in [2.05, 4.69) is 5.32 Å². The molecule has 26 heavy (non-hydrogen) atoms. The van der Waals surface area contributed by atoms with E-state index in [0.29, 0.717) is 22.9 Å². The lowest BCUT2D eigenvalue weighted by molar-refractivity contribution is -0.111. The van der Waals surface area contributed by atoms with Crippen LogP contribution in [-0.4, -0.2) is 27.2 Å². The van der Waals surface area contributed by atoms with Crippen molar-refractivity contribution in [2.75, 3.05) is 26.6 Å². The van der Waals surface area contributed by atoms with Gasteiger partial charge in [-0.1, -0.05) is 0 Å². The Morgan fingerprint density at radius 2 is 1.69 bits per heavy atom. The summed E-state index contributed by atoms with van der Waals surface area (Å²) in [5.41, 5.74) is 1.28. The second kappa shape index (κ2) is 7.65. The molecule has 0 atom stereocenters. The first-order chi connectivity index (χ1) is 12.6. The third kappa shape index (κ3) is 3.80. The number of hydrogen-bond acceptors (Lipinski definition) is 5. The zero-order valence-corrected chi connectivity index (χ0v) is 14.7. The lowest BCUT2D eigenvalue weighted by Gasteiger charge is -2.10. The van der Waals surface area contributed by atoms with E-state index in [0.717, 1.165) is 16.7 Å². The molecule has 1 N–H and O–H groups in total. The quantitative estimate of drug-likeness (QED) is 0.675. The van der Waals surface area contributed by atoms with E-state index in [-0.39, 0.29) is 5.91 Å². The molecule has 0 fully saturated rings. The molecule has 6 heteroatoms. The molecule has 1 heterocycles. The summed E-state index contributed by atoms with van der Waals surface area (Å²) >= 11 is 0. The molecular weight excluding hydrogens is 334 g/mol. The van der Waals surface area contributed by atoms with E-state index in [9.17, 15) is 4.79 Å². The predicted molar refractivity (Wildman–Crippen MR) is 100.0 cm³/mol. The molecule has 0 aliphatic heterocycles. The van der Waals surface area contributed by atoms with Crippen LogP contribution >= 0.6 is 0 Å². The van der Waals surface area contributed by atoms with Gasteiger partial charge in [0.05, 0.1) is 27.0 Å². The molecule has 3 aromatic rings. The zero-order chi connectivity index (χ0) is 18.5. The maximum Gasteiger partial charge on any atom is 0.248 e. The minimum absolute atomic E-state index is 0.300. The maximum atomic E-state index is 12.2. The Morgan fingerprint density at radius 1 is 0.962 bits per heavy atom. The van der Waals surface area contributed by atoms with Crippen LogP contribution in [0.3, 0.4) is 0 Å². The number of nitrogens with one attached hydrogen (secondary N) is 1. The average Bonchev–Trinajstić information content (AvgIpc) is 3.08. The van der Waals surface area contributed by atoms with Crippen molar-refractivity contribution in [3.05, 3.63) is 54.3 Å². The molecular formula is C20H19NO5. The average molecular weight is 353 g/mol. The lowest BCUT2D eigenvalue weighted by Crippen LogP contribution is -2.08. The molecule has 1 amide bonds. The normalized spacial score (nSPS) is 10.9. The number of carbonyl (C=O) groups excluding carboxylic acids is 1. The van der Waals surface area contributed by atoms with Crippen LogP contribution < -0.4 is 19.5 Å². The molecule has 134 valence electrons. The van der Waals surface area contributed by atoms with Gasteiger partial charge in [0.2, 0.25) is 5.91 Å². The molecule has 0 spiro atoms. The number of rotatable bonds is 6. The summed E-state index contributed by atoms with van der Waals surface area (Å²) < 4.78 is 21.3. The van der Waals surface area contributed by atoms with Gasteiger partial charge in [0, 0.05) is 17.5 Å². The monoisotopic (exact) mass is 353 g/mol. The van der Waals surface area contributed by atoms with Crippen molar-refractivity contribution in [1.82, 2.24) is 0 Å². The molecule has 2 aromatic carbocycles. The van der Waals surface area contributed by atoms with Crippen molar-refractivity contribution in [1.29, 1.82) is 0 Å². The number of amides is 1. The molecule has 3 rings (SSSR count). The Kier molecular flexibility index (Phi) is 5.12. The summed E-state index contributed by atoms with van der Waals surface area (Å²) in [7, 11) is 4.71. The highest BCUT2D eigenvalue weighted by Crippen LogP contribution is 2.29. The number of methoxy groups -OCH3 is 3. The second-order valence-electron chi connectivity index (χ2n) is 5.44. The number of furan rings is 1. The first-order valence-electron chi connectivity index (χ1n) is 7.91. The summed E-state index contributed by atoms with van der Waals surface area (Å²) in [6, 6.07) is 12.5. The van der Waals surface area contributed by atoms with Crippen LogP contribution in [0.15, 0.2) is 53.0 Å². The number of benzene rings is 2. The summed E-state index contributed by atoms with van der Waals surface area (Å²) in [6.45, 7) is 0. The van der Waals surface area contributed by atoms with E-state index in [1.165, 1.54) is 13.2 Å². The number of fused-ring (bicyclic) bond motifs is 1. The number of anilines is 1. The van der Waals surface area contributed by atoms with E-state index < -0.39 is 0 Å². The molecule has 0 aliphatic rings. The van der Waals surface area contributed by atoms with Crippen LogP contribution in [0.5, 0.6) is 17.2 Å². The smallest absolute Gasteiger partial charge is 0.248 e. The molecule has 1 aromatic heterocycles. The SMILES string of the molecule is COc1ccc(NC(=O)/C=C/c2cc3cc(OC)ccc3o2)c(OC)c1. The Bertz CT molecular complexity index is 958. The predicted octanol–water partition coefficient (Wildman–Crippen LogP) is 4.11. The van der Waals surface area contributed by atoms with Crippen molar-refractivity contribution in [3.8, 4) is 17.2 Å². The summed E-state index contributed by atoms with van der Waals surface area (Å²) in [4.78, 5) is 12.2. The van der Waals surface area contributed by atoms with Gasteiger partial charge >= 0.3 is 0 Å². The fraction of sp³-hybridized carbons (Fsp3) is 0.150. The lowest BCUT2D eigenvalue weighted by atomic mass is 10.2. The van der Waals surface area contributed by atoms with Crippen LogP contribution in [0, 0.1) is 0 Å². The minimum atomic E-state index is -0.300. The van der Waals surface area contributed by atoms with Gasteiger partial charge in [-0.3, -0.25) is 4.79 Å². The van der Waals surface area contributed by atoms with Crippen LogP contribution in [0.2, 0.25) is 0 Å². The second-order valence-corrected chi connectivity index (χ2v) is 5.44. The van der Waals surface area contributed by atoms with Crippen molar-refractivity contribution in [2.45, 2.75) is 0 Å². The molecule has 0 radical (unpaired) electrons. The minimum Gasteiger partial charge on any atom is -0.497 e. The van der Waals surface area contributed by atoms with Gasteiger partial charge in [0.1, 0.15) is 28.6 Å². The molecule has 0 bridgehead atoms. The van der Waals surface area contributed by atoms with Gasteiger partial charge in [-0.2, -0.15) is 0 Å². The van der Waals surface area contributed by atoms with Crippen molar-refractivity contribution >= 4 is 28.6 Å². The van der Waals surface area contributed by atoms with Crippen LogP contribution in [0.25, 0.3) is 17.0 Å². The highest BCUT2D eigenvalue weighted by Gasteiger charge is 2.08. The van der Waals surface area contributed by atoms with Crippen LogP contribution in [-0.2, 0) is 4.79 Å². The number of carbonyl (C=O) groups is 1. The van der Waals surface area contributed by atoms with Gasteiger partial charge in [-0.05, 0) is 42.5 Å². The summed E-state index contributed by atoms with van der Waals surface area (Å²) in [5, 5.41) is 3.67. The van der Waals surface area contributed by atoms with E-state index in [4.69, 9.17) is 18.6 Å². The highest BCUT2D eigenvalue weighted by molar-refractivity contribution is 6.02. The maximum absolute atomic E-state index is 12.2. The third-order valence-corrected chi connectivity index (χ3v) is 3.81. The summed E-state index contributed by atoms with van der Waals surface area (Å²) in [6.07, 6.45) is 3.01. The number of hydrogen-bond donors (Lipinski definition) is 1. The molecule has 0 aliphatic carbocycles. The first kappa shape index (κ1) is 17.4.